The first kappa shape index (κ1) is 12.6. The third kappa shape index (κ3) is 2.12. The Balaban J connectivity index is 1.77. The van der Waals surface area contributed by atoms with E-state index in [2.05, 4.69) is 4.90 Å². The number of Topliss-reactive ketones (excluding diaryl/α,β-unsaturated/α-hetero) is 1. The smallest absolute Gasteiger partial charge is 0.158 e. The van der Waals surface area contributed by atoms with E-state index in [4.69, 9.17) is 4.74 Å². The maximum atomic E-state index is 13.0. The van der Waals surface area contributed by atoms with Crippen LogP contribution >= 0.6 is 0 Å². The molecule has 1 unspecified atom stereocenters. The van der Waals surface area contributed by atoms with E-state index < -0.39 is 0 Å². The molecule has 0 aromatic rings. The maximum absolute atomic E-state index is 13.0. The fraction of sp³-hybridized carbons (Fsp3) is 0.933. The van der Waals surface area contributed by atoms with E-state index in [-0.39, 0.29) is 11.5 Å². The van der Waals surface area contributed by atoms with Gasteiger partial charge in [-0.1, -0.05) is 12.8 Å². The van der Waals surface area contributed by atoms with Crippen molar-refractivity contribution in [1.29, 1.82) is 0 Å². The summed E-state index contributed by atoms with van der Waals surface area (Å²) in [5.74, 6) is 0.694. The molecule has 3 nitrogen and oxygen atoms in total. The molecule has 0 amide bonds. The third-order valence-corrected chi connectivity index (χ3v) is 5.13. The molecule has 0 bridgehead atoms. The first-order valence-corrected chi connectivity index (χ1v) is 7.70. The minimum atomic E-state index is -0.0954. The van der Waals surface area contributed by atoms with Gasteiger partial charge in [-0.3, -0.25) is 9.69 Å². The zero-order valence-corrected chi connectivity index (χ0v) is 11.3. The quantitative estimate of drug-likeness (QED) is 0.771. The largest absolute Gasteiger partial charge is 0.381 e. The Morgan fingerprint density at radius 2 is 1.78 bits per heavy atom. The van der Waals surface area contributed by atoms with Crippen LogP contribution in [0.15, 0.2) is 0 Å². The van der Waals surface area contributed by atoms with Crippen LogP contribution in [0.1, 0.15) is 51.4 Å². The predicted molar refractivity (Wildman–Crippen MR) is 70.6 cm³/mol. The molecule has 1 saturated carbocycles. The van der Waals surface area contributed by atoms with E-state index in [9.17, 15) is 4.79 Å². The maximum Gasteiger partial charge on any atom is 0.158 e. The minimum Gasteiger partial charge on any atom is -0.381 e. The van der Waals surface area contributed by atoms with Crippen molar-refractivity contribution in [1.82, 2.24) is 4.90 Å². The Morgan fingerprint density at radius 3 is 2.39 bits per heavy atom. The second-order valence-electron chi connectivity index (χ2n) is 6.21. The number of ether oxygens (including phenoxy) is 1. The van der Waals surface area contributed by atoms with E-state index in [0.717, 1.165) is 45.4 Å². The van der Waals surface area contributed by atoms with Crippen molar-refractivity contribution < 1.29 is 9.53 Å². The van der Waals surface area contributed by atoms with Gasteiger partial charge in [0.05, 0.1) is 12.1 Å². The van der Waals surface area contributed by atoms with Crippen molar-refractivity contribution in [3.05, 3.63) is 0 Å². The lowest BCUT2D eigenvalue weighted by Gasteiger charge is -2.40. The third-order valence-electron chi connectivity index (χ3n) is 5.13. The van der Waals surface area contributed by atoms with Crippen LogP contribution in [-0.4, -0.2) is 42.5 Å². The second kappa shape index (κ2) is 5.30. The van der Waals surface area contributed by atoms with E-state index in [1.165, 1.54) is 25.7 Å². The Labute approximate surface area is 110 Å². The number of ketones is 1. The van der Waals surface area contributed by atoms with Gasteiger partial charge in [0.15, 0.2) is 5.78 Å². The van der Waals surface area contributed by atoms with E-state index in [0.29, 0.717) is 12.4 Å². The van der Waals surface area contributed by atoms with E-state index >= 15 is 0 Å². The molecule has 18 heavy (non-hydrogen) atoms. The van der Waals surface area contributed by atoms with Crippen LogP contribution in [0.4, 0.5) is 0 Å². The standard InChI is InChI=1S/C15H25NO2/c17-14(13-6-5-11-18-12-13)15(7-1-2-8-15)16-9-3-4-10-16/h13H,1-12H2. The van der Waals surface area contributed by atoms with E-state index in [1.54, 1.807) is 0 Å². The Kier molecular flexibility index (Phi) is 3.71. The van der Waals surface area contributed by atoms with Gasteiger partial charge in [-0.2, -0.15) is 0 Å². The molecule has 0 N–H and O–H groups in total. The highest BCUT2D eigenvalue weighted by molar-refractivity contribution is 5.91. The highest BCUT2D eigenvalue weighted by Crippen LogP contribution is 2.40. The molecule has 3 heteroatoms. The molecular formula is C15H25NO2. The lowest BCUT2D eigenvalue weighted by molar-refractivity contribution is -0.138. The summed E-state index contributed by atoms with van der Waals surface area (Å²) >= 11 is 0. The summed E-state index contributed by atoms with van der Waals surface area (Å²) in [5, 5.41) is 0. The molecule has 0 radical (unpaired) electrons. The summed E-state index contributed by atoms with van der Waals surface area (Å²) in [7, 11) is 0. The Morgan fingerprint density at radius 1 is 1.06 bits per heavy atom. The van der Waals surface area contributed by atoms with Crippen LogP contribution in [0, 0.1) is 5.92 Å². The van der Waals surface area contributed by atoms with Crippen LogP contribution < -0.4 is 0 Å². The monoisotopic (exact) mass is 251 g/mol. The highest BCUT2D eigenvalue weighted by atomic mass is 16.5. The fourth-order valence-corrected chi connectivity index (χ4v) is 4.15. The zero-order valence-electron chi connectivity index (χ0n) is 11.3. The van der Waals surface area contributed by atoms with Crippen LogP contribution in [-0.2, 0) is 9.53 Å². The molecule has 3 aliphatic rings. The summed E-state index contributed by atoms with van der Waals surface area (Å²) in [6, 6.07) is 0. The number of carbonyl (C=O) groups is 1. The average Bonchev–Trinajstić information content (AvgIpc) is 3.10. The minimum absolute atomic E-state index is 0.0954. The van der Waals surface area contributed by atoms with Crippen LogP contribution in [0.25, 0.3) is 0 Å². The topological polar surface area (TPSA) is 29.5 Å². The predicted octanol–water partition coefficient (Wildman–Crippen LogP) is 2.39. The number of likely N-dealkylation sites (tertiary alicyclic amines) is 1. The summed E-state index contributed by atoms with van der Waals surface area (Å²) in [5.41, 5.74) is -0.0954. The summed E-state index contributed by atoms with van der Waals surface area (Å²) < 4.78 is 5.53. The molecular weight excluding hydrogens is 226 g/mol. The van der Waals surface area contributed by atoms with Gasteiger partial charge in [-0.25, -0.2) is 0 Å². The van der Waals surface area contributed by atoms with Crippen molar-refractivity contribution in [2.24, 2.45) is 5.92 Å². The van der Waals surface area contributed by atoms with Gasteiger partial charge in [-0.15, -0.1) is 0 Å². The second-order valence-corrected chi connectivity index (χ2v) is 6.21. The molecule has 0 aromatic carbocycles. The van der Waals surface area contributed by atoms with Crippen molar-refractivity contribution in [3.63, 3.8) is 0 Å². The molecule has 0 aromatic heterocycles. The number of hydrogen-bond acceptors (Lipinski definition) is 3. The normalized spacial score (nSPS) is 32.8. The molecule has 1 atom stereocenters. The van der Waals surface area contributed by atoms with Crippen molar-refractivity contribution >= 4 is 5.78 Å². The van der Waals surface area contributed by atoms with Gasteiger partial charge >= 0.3 is 0 Å². The van der Waals surface area contributed by atoms with Crippen LogP contribution in [0.3, 0.4) is 0 Å². The number of hydrogen-bond donors (Lipinski definition) is 0. The Hall–Kier alpha value is -0.410. The summed E-state index contributed by atoms with van der Waals surface area (Å²) in [6.45, 7) is 3.80. The van der Waals surface area contributed by atoms with E-state index in [1.807, 2.05) is 0 Å². The molecule has 3 fully saturated rings. The van der Waals surface area contributed by atoms with Crippen molar-refractivity contribution in [2.45, 2.75) is 56.9 Å². The highest BCUT2D eigenvalue weighted by Gasteiger charge is 2.48. The van der Waals surface area contributed by atoms with Gasteiger partial charge in [0.1, 0.15) is 0 Å². The average molecular weight is 251 g/mol. The lowest BCUT2D eigenvalue weighted by Crippen LogP contribution is -2.54. The number of nitrogens with zero attached hydrogens (tertiary/aromatic N) is 1. The summed E-state index contributed by atoms with van der Waals surface area (Å²) in [6.07, 6.45) is 9.32. The molecule has 3 rings (SSSR count). The molecule has 0 spiro atoms. The number of carbonyl (C=O) groups excluding carboxylic acids is 1. The molecule has 2 heterocycles. The molecule has 102 valence electrons. The van der Waals surface area contributed by atoms with Crippen LogP contribution in [0.5, 0.6) is 0 Å². The van der Waals surface area contributed by atoms with Crippen molar-refractivity contribution in [3.8, 4) is 0 Å². The molecule has 1 aliphatic carbocycles. The molecule has 2 saturated heterocycles. The lowest BCUT2D eigenvalue weighted by atomic mass is 9.80. The first-order valence-electron chi connectivity index (χ1n) is 7.70. The van der Waals surface area contributed by atoms with Crippen LogP contribution in [0.2, 0.25) is 0 Å². The van der Waals surface area contributed by atoms with Gasteiger partial charge in [0.25, 0.3) is 0 Å². The Bertz CT molecular complexity index is 298. The van der Waals surface area contributed by atoms with Gasteiger partial charge in [0.2, 0.25) is 0 Å². The van der Waals surface area contributed by atoms with Gasteiger partial charge in [0, 0.05) is 12.5 Å². The first-order chi connectivity index (χ1) is 8.83. The SMILES string of the molecule is O=C(C1CCCOC1)C1(N2CCCC2)CCCC1. The summed E-state index contributed by atoms with van der Waals surface area (Å²) in [4.78, 5) is 15.5. The molecule has 2 aliphatic heterocycles. The van der Waals surface area contributed by atoms with Crippen molar-refractivity contribution in [2.75, 3.05) is 26.3 Å². The number of rotatable bonds is 3. The fourth-order valence-electron chi connectivity index (χ4n) is 4.15. The van der Waals surface area contributed by atoms with Gasteiger partial charge in [-0.05, 0) is 51.6 Å². The van der Waals surface area contributed by atoms with Gasteiger partial charge < -0.3 is 4.74 Å². The zero-order chi connectivity index (χ0) is 12.4.